The molecule has 3 aromatic rings. The van der Waals surface area contributed by atoms with Crippen LogP contribution in [0.4, 0.5) is 10.8 Å². The summed E-state index contributed by atoms with van der Waals surface area (Å²) in [5.41, 5.74) is 2.65. The van der Waals surface area contributed by atoms with Gasteiger partial charge in [-0.3, -0.25) is 19.9 Å². The van der Waals surface area contributed by atoms with Crippen LogP contribution in [0.15, 0.2) is 48.1 Å². The molecule has 0 saturated heterocycles. The number of nitrogens with zero attached hydrogens (tertiary/aromatic N) is 2. The average molecular weight is 366 g/mol. The van der Waals surface area contributed by atoms with Gasteiger partial charge < -0.3 is 10.1 Å². The first-order chi connectivity index (χ1) is 12.6. The number of rotatable bonds is 3. The summed E-state index contributed by atoms with van der Waals surface area (Å²) in [4.78, 5) is 32.3. The standard InChI is InChI=1S/C18H14N4O3S/c1-10-16(23)20-13-8-12(2-3-15(13)25-10)14-9-26-18(21-14)22-17(24)11-4-6-19-7-5-11/h2-10H,1H3,(H,20,23)(H,21,22,24)/t10-/m0/s1. The smallest absolute Gasteiger partial charge is 0.265 e. The van der Waals surface area contributed by atoms with Gasteiger partial charge in [-0.15, -0.1) is 11.3 Å². The summed E-state index contributed by atoms with van der Waals surface area (Å²) in [5.74, 6) is 0.203. The number of fused-ring (bicyclic) bond motifs is 1. The number of benzene rings is 1. The van der Waals surface area contributed by atoms with E-state index in [4.69, 9.17) is 4.74 Å². The maximum Gasteiger partial charge on any atom is 0.265 e. The topological polar surface area (TPSA) is 93.2 Å². The lowest BCUT2D eigenvalue weighted by molar-refractivity contribution is -0.122. The van der Waals surface area contributed by atoms with E-state index in [0.717, 1.165) is 5.56 Å². The summed E-state index contributed by atoms with van der Waals surface area (Å²) in [5, 5.41) is 7.93. The highest BCUT2D eigenvalue weighted by molar-refractivity contribution is 7.14. The van der Waals surface area contributed by atoms with Crippen LogP contribution in [0.25, 0.3) is 11.3 Å². The van der Waals surface area contributed by atoms with Crippen LogP contribution in [-0.2, 0) is 4.79 Å². The van der Waals surface area contributed by atoms with Crippen LogP contribution >= 0.6 is 11.3 Å². The largest absolute Gasteiger partial charge is 0.479 e. The molecule has 4 rings (SSSR count). The molecule has 0 bridgehead atoms. The summed E-state index contributed by atoms with van der Waals surface area (Å²) in [6.07, 6.45) is 2.61. The molecule has 7 nitrogen and oxygen atoms in total. The number of carbonyl (C=O) groups is 2. The van der Waals surface area contributed by atoms with Gasteiger partial charge in [0.1, 0.15) is 5.75 Å². The zero-order valence-electron chi connectivity index (χ0n) is 13.7. The third-order valence-electron chi connectivity index (χ3n) is 3.87. The van der Waals surface area contributed by atoms with E-state index in [0.29, 0.717) is 27.8 Å². The first-order valence-electron chi connectivity index (χ1n) is 7.89. The van der Waals surface area contributed by atoms with Crippen molar-refractivity contribution in [1.29, 1.82) is 0 Å². The lowest BCUT2D eigenvalue weighted by Crippen LogP contribution is -2.34. The Bertz CT molecular complexity index is 987. The van der Waals surface area contributed by atoms with Gasteiger partial charge in [0.05, 0.1) is 11.4 Å². The fourth-order valence-corrected chi connectivity index (χ4v) is 3.22. The Kier molecular flexibility index (Phi) is 4.10. The Hall–Kier alpha value is -3.26. The minimum atomic E-state index is -0.511. The number of carbonyl (C=O) groups excluding carboxylic acids is 2. The van der Waals surface area contributed by atoms with Gasteiger partial charge in [0, 0.05) is 28.9 Å². The molecule has 2 aromatic heterocycles. The molecule has 0 fully saturated rings. The lowest BCUT2D eigenvalue weighted by Gasteiger charge is -2.23. The number of aromatic nitrogens is 2. The Morgan fingerprint density at radius 3 is 2.88 bits per heavy atom. The van der Waals surface area contributed by atoms with E-state index in [2.05, 4.69) is 20.6 Å². The van der Waals surface area contributed by atoms with Crippen molar-refractivity contribution in [2.24, 2.45) is 0 Å². The number of amides is 2. The third-order valence-corrected chi connectivity index (χ3v) is 4.63. The first kappa shape index (κ1) is 16.2. The molecule has 3 heterocycles. The quantitative estimate of drug-likeness (QED) is 0.743. The predicted octanol–water partition coefficient (Wildman–Crippen LogP) is 3.18. The fraction of sp³-hybridized carbons (Fsp3) is 0.111. The molecule has 1 aliphatic heterocycles. The molecule has 130 valence electrons. The molecule has 1 aliphatic rings. The normalized spacial score (nSPS) is 15.6. The van der Waals surface area contributed by atoms with Crippen LogP contribution in [0, 0.1) is 0 Å². The number of thiazole rings is 1. The Balaban J connectivity index is 1.54. The van der Waals surface area contributed by atoms with Gasteiger partial charge in [-0.25, -0.2) is 4.98 Å². The minimum absolute atomic E-state index is 0.182. The second-order valence-corrected chi connectivity index (χ2v) is 6.55. The van der Waals surface area contributed by atoms with Gasteiger partial charge in [-0.1, -0.05) is 0 Å². The van der Waals surface area contributed by atoms with Crippen LogP contribution in [-0.4, -0.2) is 27.9 Å². The number of hydrogen-bond acceptors (Lipinski definition) is 6. The molecule has 0 unspecified atom stereocenters. The van der Waals surface area contributed by atoms with Crippen molar-refractivity contribution in [1.82, 2.24) is 9.97 Å². The molecular formula is C18H14N4O3S. The van der Waals surface area contributed by atoms with Crippen molar-refractivity contribution in [3.05, 3.63) is 53.7 Å². The van der Waals surface area contributed by atoms with Crippen molar-refractivity contribution >= 4 is 34.0 Å². The molecule has 0 aliphatic carbocycles. The second-order valence-electron chi connectivity index (χ2n) is 5.69. The summed E-state index contributed by atoms with van der Waals surface area (Å²) in [6.45, 7) is 1.70. The monoisotopic (exact) mass is 366 g/mol. The summed E-state index contributed by atoms with van der Waals surface area (Å²) in [6, 6.07) is 8.75. The molecule has 2 amide bonds. The maximum atomic E-state index is 12.2. The van der Waals surface area contributed by atoms with Gasteiger partial charge in [0.25, 0.3) is 11.8 Å². The van der Waals surface area contributed by atoms with Gasteiger partial charge in [0.2, 0.25) is 0 Å². The Morgan fingerprint density at radius 1 is 1.27 bits per heavy atom. The summed E-state index contributed by atoms with van der Waals surface area (Å²) < 4.78 is 5.55. The van der Waals surface area contributed by atoms with Gasteiger partial charge in [-0.05, 0) is 37.3 Å². The van der Waals surface area contributed by atoms with Crippen LogP contribution in [0.5, 0.6) is 5.75 Å². The minimum Gasteiger partial charge on any atom is -0.479 e. The third kappa shape index (κ3) is 3.14. The van der Waals surface area contributed by atoms with Crippen molar-refractivity contribution in [2.45, 2.75) is 13.0 Å². The molecule has 1 atom stereocenters. The molecule has 2 N–H and O–H groups in total. The van der Waals surface area contributed by atoms with Crippen LogP contribution in [0.1, 0.15) is 17.3 Å². The number of anilines is 2. The highest BCUT2D eigenvalue weighted by atomic mass is 32.1. The Morgan fingerprint density at radius 2 is 2.08 bits per heavy atom. The van der Waals surface area contributed by atoms with E-state index in [1.54, 1.807) is 37.5 Å². The summed E-state index contributed by atoms with van der Waals surface area (Å²) in [7, 11) is 0. The number of pyridine rings is 1. The van der Waals surface area contributed by atoms with E-state index < -0.39 is 6.10 Å². The lowest BCUT2D eigenvalue weighted by atomic mass is 10.1. The van der Waals surface area contributed by atoms with Gasteiger partial charge >= 0.3 is 0 Å². The highest BCUT2D eigenvalue weighted by Crippen LogP contribution is 2.34. The molecule has 1 aromatic carbocycles. The van der Waals surface area contributed by atoms with E-state index in [-0.39, 0.29) is 11.8 Å². The zero-order chi connectivity index (χ0) is 18.1. The molecular weight excluding hydrogens is 352 g/mol. The van der Waals surface area contributed by atoms with E-state index in [1.165, 1.54) is 11.3 Å². The van der Waals surface area contributed by atoms with E-state index in [1.807, 2.05) is 17.5 Å². The number of ether oxygens (including phenoxy) is 1. The van der Waals surface area contributed by atoms with E-state index in [9.17, 15) is 9.59 Å². The molecule has 0 spiro atoms. The first-order valence-corrected chi connectivity index (χ1v) is 8.77. The fourth-order valence-electron chi connectivity index (χ4n) is 2.50. The molecule has 0 saturated carbocycles. The molecule has 0 radical (unpaired) electrons. The number of nitrogens with one attached hydrogen (secondary N) is 2. The van der Waals surface area contributed by atoms with Crippen LogP contribution in [0.3, 0.4) is 0 Å². The average Bonchev–Trinajstić information content (AvgIpc) is 3.11. The van der Waals surface area contributed by atoms with Crippen molar-refractivity contribution in [3.8, 4) is 17.0 Å². The molecule has 8 heteroatoms. The van der Waals surface area contributed by atoms with Crippen LogP contribution < -0.4 is 15.4 Å². The van der Waals surface area contributed by atoms with Crippen LogP contribution in [0.2, 0.25) is 0 Å². The van der Waals surface area contributed by atoms with Gasteiger partial charge in [0.15, 0.2) is 11.2 Å². The molecule has 26 heavy (non-hydrogen) atoms. The maximum absolute atomic E-state index is 12.2. The Labute approximate surface area is 153 Å². The zero-order valence-corrected chi connectivity index (χ0v) is 14.5. The highest BCUT2D eigenvalue weighted by Gasteiger charge is 2.24. The van der Waals surface area contributed by atoms with Crippen molar-refractivity contribution in [2.75, 3.05) is 10.6 Å². The van der Waals surface area contributed by atoms with E-state index >= 15 is 0 Å². The van der Waals surface area contributed by atoms with Gasteiger partial charge in [-0.2, -0.15) is 0 Å². The SMILES string of the molecule is C[C@@H]1Oc2ccc(-c3csc(NC(=O)c4ccncc4)n3)cc2NC1=O. The predicted molar refractivity (Wildman–Crippen MR) is 98.5 cm³/mol. The second kappa shape index (κ2) is 6.57. The summed E-state index contributed by atoms with van der Waals surface area (Å²) >= 11 is 1.33. The van der Waals surface area contributed by atoms with Crippen molar-refractivity contribution in [3.63, 3.8) is 0 Å². The number of hydrogen-bond donors (Lipinski definition) is 2. The van der Waals surface area contributed by atoms with Crippen molar-refractivity contribution < 1.29 is 14.3 Å².